The third-order valence-electron chi connectivity index (χ3n) is 4.58. The van der Waals surface area contributed by atoms with Crippen molar-refractivity contribution in [2.75, 3.05) is 24.5 Å². The normalized spacial score (nSPS) is 18.2. The van der Waals surface area contributed by atoms with E-state index in [1.165, 1.54) is 6.42 Å². The van der Waals surface area contributed by atoms with Gasteiger partial charge in [-0.25, -0.2) is 4.98 Å². The first kappa shape index (κ1) is 16.0. The van der Waals surface area contributed by atoms with Gasteiger partial charge in [0.1, 0.15) is 0 Å². The molecule has 2 aromatic heterocycles. The topological polar surface area (TPSA) is 82.6 Å². The summed E-state index contributed by atoms with van der Waals surface area (Å²) in [5.41, 5.74) is 1.96. The Morgan fingerprint density at radius 1 is 1.28 bits per heavy atom. The Morgan fingerprint density at radius 3 is 3.08 bits per heavy atom. The number of anilines is 1. The number of fused-ring (bicyclic) bond motifs is 1. The highest BCUT2D eigenvalue weighted by atomic mass is 15.3. The molecule has 1 atom stereocenters. The van der Waals surface area contributed by atoms with E-state index in [9.17, 15) is 0 Å². The molecule has 0 aliphatic carbocycles. The van der Waals surface area contributed by atoms with Gasteiger partial charge in [-0.05, 0) is 30.5 Å². The van der Waals surface area contributed by atoms with Crippen molar-refractivity contribution >= 4 is 16.7 Å². The first-order chi connectivity index (χ1) is 12.2. The molecule has 0 spiro atoms. The molecule has 130 valence electrons. The van der Waals surface area contributed by atoms with Gasteiger partial charge in [0.15, 0.2) is 11.6 Å². The van der Waals surface area contributed by atoms with E-state index in [-0.39, 0.29) is 0 Å². The molecule has 1 saturated heterocycles. The van der Waals surface area contributed by atoms with Gasteiger partial charge in [-0.1, -0.05) is 13.8 Å². The Hall–Kier alpha value is -2.54. The molecule has 1 aliphatic heterocycles. The van der Waals surface area contributed by atoms with Crippen LogP contribution >= 0.6 is 0 Å². The maximum absolute atomic E-state index is 4.77. The molecule has 0 bridgehead atoms. The number of benzene rings is 1. The van der Waals surface area contributed by atoms with Crippen molar-refractivity contribution in [1.29, 1.82) is 0 Å². The second-order valence-corrected chi connectivity index (χ2v) is 7.04. The molecule has 0 radical (unpaired) electrons. The molecule has 0 amide bonds. The van der Waals surface area contributed by atoms with Crippen LogP contribution in [-0.2, 0) is 0 Å². The number of aromatic nitrogens is 5. The summed E-state index contributed by atoms with van der Waals surface area (Å²) in [4.78, 5) is 7.07. The zero-order valence-corrected chi connectivity index (χ0v) is 14.6. The summed E-state index contributed by atoms with van der Waals surface area (Å²) in [6.45, 7) is 7.39. The van der Waals surface area contributed by atoms with Crippen LogP contribution in [-0.4, -0.2) is 51.1 Å². The average molecular weight is 337 g/mol. The maximum Gasteiger partial charge on any atom is 0.183 e. The molecule has 2 N–H and O–H groups in total. The van der Waals surface area contributed by atoms with Crippen molar-refractivity contribution < 1.29 is 0 Å². The van der Waals surface area contributed by atoms with Crippen molar-refractivity contribution in [2.24, 2.45) is 5.92 Å². The van der Waals surface area contributed by atoms with E-state index < -0.39 is 0 Å². The molecule has 0 saturated carbocycles. The number of nitrogens with one attached hydrogen (secondary N) is 2. The lowest BCUT2D eigenvalue weighted by molar-refractivity contribution is 0.387. The molecule has 1 fully saturated rings. The minimum Gasteiger partial charge on any atom is -0.352 e. The molecule has 7 heteroatoms. The third kappa shape index (κ3) is 3.46. The van der Waals surface area contributed by atoms with Gasteiger partial charge in [-0.3, -0.25) is 5.10 Å². The number of aromatic amines is 1. The Morgan fingerprint density at radius 2 is 2.20 bits per heavy atom. The second kappa shape index (κ2) is 6.76. The van der Waals surface area contributed by atoms with Gasteiger partial charge in [0.25, 0.3) is 0 Å². The molecule has 0 unspecified atom stereocenters. The Labute approximate surface area is 146 Å². The number of hydrogen-bond donors (Lipinski definition) is 2. The van der Waals surface area contributed by atoms with Gasteiger partial charge in [0, 0.05) is 36.6 Å². The first-order valence-electron chi connectivity index (χ1n) is 8.80. The second-order valence-electron chi connectivity index (χ2n) is 7.04. The highest BCUT2D eigenvalue weighted by Gasteiger charge is 2.21. The quantitative estimate of drug-likeness (QED) is 0.760. The Bertz CT molecular complexity index is 857. The highest BCUT2D eigenvalue weighted by molar-refractivity contribution is 5.82. The fourth-order valence-corrected chi connectivity index (χ4v) is 3.41. The van der Waals surface area contributed by atoms with E-state index >= 15 is 0 Å². The van der Waals surface area contributed by atoms with Crippen molar-refractivity contribution in [2.45, 2.75) is 26.3 Å². The number of nitrogens with zero attached hydrogens (tertiary/aromatic N) is 5. The smallest absolute Gasteiger partial charge is 0.183 e. The van der Waals surface area contributed by atoms with Crippen LogP contribution < -0.4 is 10.2 Å². The SMILES string of the molecule is CC(C)C[C@H]1CN(c2cnnc(-c3ccc4[nH]ncc4c3)n2)CCN1. The molecule has 25 heavy (non-hydrogen) atoms. The predicted molar refractivity (Wildman–Crippen MR) is 98.4 cm³/mol. The highest BCUT2D eigenvalue weighted by Crippen LogP contribution is 2.22. The van der Waals surface area contributed by atoms with Crippen molar-refractivity contribution in [3.05, 3.63) is 30.6 Å². The van der Waals surface area contributed by atoms with Crippen molar-refractivity contribution in [1.82, 2.24) is 30.7 Å². The van der Waals surface area contributed by atoms with Gasteiger partial charge < -0.3 is 10.2 Å². The lowest BCUT2D eigenvalue weighted by Gasteiger charge is -2.35. The zero-order chi connectivity index (χ0) is 17.2. The van der Waals surface area contributed by atoms with Crippen LogP contribution in [0.1, 0.15) is 20.3 Å². The first-order valence-corrected chi connectivity index (χ1v) is 8.80. The lowest BCUT2D eigenvalue weighted by Crippen LogP contribution is -2.51. The maximum atomic E-state index is 4.77. The zero-order valence-electron chi connectivity index (χ0n) is 14.6. The van der Waals surface area contributed by atoms with E-state index in [2.05, 4.69) is 44.5 Å². The Kier molecular flexibility index (Phi) is 4.31. The summed E-state index contributed by atoms with van der Waals surface area (Å²) in [7, 11) is 0. The van der Waals surface area contributed by atoms with E-state index in [0.717, 1.165) is 41.9 Å². The number of hydrogen-bond acceptors (Lipinski definition) is 6. The largest absolute Gasteiger partial charge is 0.352 e. The van der Waals surface area contributed by atoms with Gasteiger partial charge in [-0.15, -0.1) is 5.10 Å². The Balaban J connectivity index is 1.58. The van der Waals surface area contributed by atoms with Crippen LogP contribution in [0.15, 0.2) is 30.6 Å². The molecule has 4 rings (SSSR count). The molecule has 3 aromatic rings. The van der Waals surface area contributed by atoms with Gasteiger partial charge in [0.2, 0.25) is 0 Å². The minimum absolute atomic E-state index is 0.495. The van der Waals surface area contributed by atoms with Crippen LogP contribution in [0.3, 0.4) is 0 Å². The van der Waals surface area contributed by atoms with Gasteiger partial charge >= 0.3 is 0 Å². The van der Waals surface area contributed by atoms with E-state index in [0.29, 0.717) is 17.8 Å². The fourth-order valence-electron chi connectivity index (χ4n) is 3.41. The van der Waals surface area contributed by atoms with Gasteiger partial charge in [-0.2, -0.15) is 10.2 Å². The van der Waals surface area contributed by atoms with E-state index in [1.807, 2.05) is 24.4 Å². The summed E-state index contributed by atoms with van der Waals surface area (Å²) >= 11 is 0. The van der Waals surface area contributed by atoms with Crippen LogP contribution in [0, 0.1) is 5.92 Å². The van der Waals surface area contributed by atoms with Crippen LogP contribution in [0.25, 0.3) is 22.3 Å². The van der Waals surface area contributed by atoms with Crippen LogP contribution in [0.2, 0.25) is 0 Å². The van der Waals surface area contributed by atoms with Gasteiger partial charge in [0.05, 0.1) is 17.9 Å². The fraction of sp³-hybridized carbons (Fsp3) is 0.444. The summed E-state index contributed by atoms with van der Waals surface area (Å²) in [5.74, 6) is 2.23. The summed E-state index contributed by atoms with van der Waals surface area (Å²) in [5, 5.41) is 20.1. The number of piperazine rings is 1. The summed E-state index contributed by atoms with van der Waals surface area (Å²) in [6.07, 6.45) is 4.74. The minimum atomic E-state index is 0.495. The molecule has 1 aliphatic rings. The summed E-state index contributed by atoms with van der Waals surface area (Å²) in [6, 6.07) is 6.53. The molecular formula is C18H23N7. The molecule has 3 heterocycles. The van der Waals surface area contributed by atoms with E-state index in [1.54, 1.807) is 6.20 Å². The lowest BCUT2D eigenvalue weighted by atomic mass is 10.0. The standard InChI is InChI=1S/C18H23N7/c1-12(2)7-15-11-25(6-5-19-15)17-10-21-24-18(22-17)13-3-4-16-14(8-13)9-20-23-16/h3-4,8-10,12,15,19H,5-7,11H2,1-2H3,(H,20,23)/t15-/m0/s1. The van der Waals surface area contributed by atoms with Crippen LogP contribution in [0.4, 0.5) is 5.82 Å². The van der Waals surface area contributed by atoms with Crippen molar-refractivity contribution in [3.63, 3.8) is 0 Å². The average Bonchev–Trinajstić information content (AvgIpc) is 3.09. The summed E-state index contributed by atoms with van der Waals surface area (Å²) < 4.78 is 0. The molecular weight excluding hydrogens is 314 g/mol. The van der Waals surface area contributed by atoms with Crippen molar-refractivity contribution in [3.8, 4) is 11.4 Å². The molecule has 7 nitrogen and oxygen atoms in total. The number of rotatable bonds is 4. The molecule has 1 aromatic carbocycles. The van der Waals surface area contributed by atoms with Crippen LogP contribution in [0.5, 0.6) is 0 Å². The predicted octanol–water partition coefficient (Wildman–Crippen LogP) is 2.24. The monoisotopic (exact) mass is 337 g/mol. The third-order valence-corrected chi connectivity index (χ3v) is 4.58. The van der Waals surface area contributed by atoms with E-state index in [4.69, 9.17) is 4.98 Å². The number of H-pyrrole nitrogens is 1.